The van der Waals surface area contributed by atoms with Gasteiger partial charge in [0, 0.05) is 43.6 Å². The molecular formula is C24H37IN6O2. The van der Waals surface area contributed by atoms with Gasteiger partial charge in [0.1, 0.15) is 5.60 Å². The molecule has 4 rings (SSSR count). The minimum atomic E-state index is -0.463. The van der Waals surface area contributed by atoms with E-state index in [1.165, 1.54) is 9.26 Å². The summed E-state index contributed by atoms with van der Waals surface area (Å²) >= 11 is 2.46. The minimum absolute atomic E-state index is 0.00118. The number of hydrogen-bond donors (Lipinski definition) is 0. The second kappa shape index (κ2) is 9.11. The van der Waals surface area contributed by atoms with E-state index in [4.69, 9.17) is 9.84 Å². The molecular weight excluding hydrogens is 531 g/mol. The first-order chi connectivity index (χ1) is 15.5. The Bertz CT molecular complexity index is 970. The average molecular weight is 569 g/mol. The van der Waals surface area contributed by atoms with Gasteiger partial charge < -0.3 is 19.1 Å². The Kier molecular flexibility index (Phi) is 6.72. The van der Waals surface area contributed by atoms with Crippen molar-refractivity contribution in [3.05, 3.63) is 28.0 Å². The van der Waals surface area contributed by atoms with Crippen LogP contribution in [0.3, 0.4) is 0 Å². The molecule has 0 bridgehead atoms. The first kappa shape index (κ1) is 24.3. The van der Waals surface area contributed by atoms with Crippen LogP contribution in [0.2, 0.25) is 0 Å². The monoisotopic (exact) mass is 568 g/mol. The van der Waals surface area contributed by atoms with Crippen molar-refractivity contribution in [3.8, 4) is 0 Å². The Morgan fingerprint density at radius 3 is 2.39 bits per heavy atom. The molecule has 2 fully saturated rings. The molecule has 2 aliphatic heterocycles. The van der Waals surface area contributed by atoms with E-state index < -0.39 is 5.60 Å². The van der Waals surface area contributed by atoms with Gasteiger partial charge in [0.05, 0.1) is 21.6 Å². The highest BCUT2D eigenvalue weighted by Crippen LogP contribution is 2.40. The predicted molar refractivity (Wildman–Crippen MR) is 138 cm³/mol. The fourth-order valence-electron chi connectivity index (χ4n) is 5.13. The lowest BCUT2D eigenvalue weighted by molar-refractivity contribution is 0.0184. The van der Waals surface area contributed by atoms with Gasteiger partial charge in [0.15, 0.2) is 5.82 Å². The third-order valence-corrected chi connectivity index (χ3v) is 8.14. The Morgan fingerprint density at radius 2 is 1.82 bits per heavy atom. The number of nitrogens with zero attached hydrogens (tertiary/aromatic N) is 6. The third-order valence-electron chi connectivity index (χ3n) is 6.88. The predicted octanol–water partition coefficient (Wildman–Crippen LogP) is 5.18. The van der Waals surface area contributed by atoms with Crippen LogP contribution in [0.25, 0.3) is 0 Å². The Morgan fingerprint density at radius 1 is 1.15 bits per heavy atom. The number of aromatic nitrogens is 4. The van der Waals surface area contributed by atoms with Crippen LogP contribution >= 0.6 is 22.6 Å². The number of carbonyl (C=O) groups excluding carboxylic acids is 1. The van der Waals surface area contributed by atoms with Crippen LogP contribution in [0.1, 0.15) is 78.1 Å². The van der Waals surface area contributed by atoms with Crippen molar-refractivity contribution < 1.29 is 9.53 Å². The molecule has 8 nitrogen and oxygen atoms in total. The molecule has 0 aliphatic carbocycles. The van der Waals surface area contributed by atoms with E-state index in [-0.39, 0.29) is 11.6 Å². The topological polar surface area (TPSA) is 68.4 Å². The number of halogens is 1. The van der Waals surface area contributed by atoms with Gasteiger partial charge in [-0.2, -0.15) is 5.10 Å². The molecule has 0 saturated carbocycles. The summed E-state index contributed by atoms with van der Waals surface area (Å²) < 4.78 is 11.2. The average Bonchev–Trinajstić information content (AvgIpc) is 3.36. The second-order valence-corrected chi connectivity index (χ2v) is 12.1. The Labute approximate surface area is 210 Å². The van der Waals surface area contributed by atoms with Crippen molar-refractivity contribution >= 4 is 34.5 Å². The SMILES string of the molecule is Cc1c(I)c(N2CCC(n3ccnc3)CC2(C)C)nn1C1CCN(C(=O)OC(C)(C)C)CC1. The fraction of sp³-hybridized carbons (Fsp3) is 0.708. The number of imidazole rings is 1. The van der Waals surface area contributed by atoms with Gasteiger partial charge in [-0.3, -0.25) is 4.68 Å². The molecule has 4 heterocycles. The number of likely N-dealkylation sites (tertiary alicyclic amines) is 1. The maximum atomic E-state index is 12.4. The van der Waals surface area contributed by atoms with Crippen molar-refractivity contribution in [2.75, 3.05) is 24.5 Å². The third kappa shape index (κ3) is 5.17. The van der Waals surface area contributed by atoms with E-state index in [0.717, 1.165) is 38.0 Å². The molecule has 1 atom stereocenters. The molecule has 33 heavy (non-hydrogen) atoms. The lowest BCUT2D eigenvalue weighted by Crippen LogP contribution is -2.51. The first-order valence-corrected chi connectivity index (χ1v) is 13.0. The molecule has 1 unspecified atom stereocenters. The number of piperidine rings is 2. The van der Waals surface area contributed by atoms with Crippen molar-refractivity contribution in [2.24, 2.45) is 0 Å². The second-order valence-electron chi connectivity index (χ2n) is 11.0. The van der Waals surface area contributed by atoms with Crippen LogP contribution in [0.15, 0.2) is 18.7 Å². The quantitative estimate of drug-likeness (QED) is 0.478. The van der Waals surface area contributed by atoms with Crippen LogP contribution in [0, 0.1) is 10.5 Å². The van der Waals surface area contributed by atoms with Gasteiger partial charge in [-0.05, 0) is 89.8 Å². The molecule has 2 saturated heterocycles. The normalized spacial score (nSPS) is 22.0. The summed E-state index contributed by atoms with van der Waals surface area (Å²) in [5.41, 5.74) is 0.753. The zero-order chi connectivity index (χ0) is 24.0. The summed E-state index contributed by atoms with van der Waals surface area (Å²) in [5, 5.41) is 5.15. The smallest absolute Gasteiger partial charge is 0.410 e. The molecule has 0 aromatic carbocycles. The molecule has 2 aromatic rings. The number of ether oxygens (including phenoxy) is 1. The van der Waals surface area contributed by atoms with Gasteiger partial charge in [0.2, 0.25) is 0 Å². The van der Waals surface area contributed by atoms with Gasteiger partial charge in [-0.15, -0.1) is 0 Å². The first-order valence-electron chi connectivity index (χ1n) is 11.9. The lowest BCUT2D eigenvalue weighted by atomic mass is 9.87. The Hall–Kier alpha value is -1.78. The number of carbonyl (C=O) groups is 1. The van der Waals surface area contributed by atoms with Gasteiger partial charge in [-0.1, -0.05) is 0 Å². The van der Waals surface area contributed by atoms with Crippen LogP contribution in [0.5, 0.6) is 0 Å². The molecule has 0 radical (unpaired) electrons. The van der Waals surface area contributed by atoms with E-state index in [0.29, 0.717) is 25.2 Å². The van der Waals surface area contributed by atoms with Gasteiger partial charge in [-0.25, -0.2) is 9.78 Å². The summed E-state index contributed by atoms with van der Waals surface area (Å²) in [6.07, 6.45) is 9.57. The van der Waals surface area contributed by atoms with Crippen LogP contribution in [-0.2, 0) is 4.74 Å². The molecule has 0 spiro atoms. The lowest BCUT2D eigenvalue weighted by Gasteiger charge is -2.46. The standard InChI is InChI=1S/C24H37IN6O2/c1-17-20(25)21(30-13-9-19(15-24(30,5)6)29-14-10-26-16-29)27-31(17)18-7-11-28(12-8-18)22(32)33-23(2,3)4/h10,14,16,18-19H,7-9,11-13,15H2,1-6H3. The van der Waals surface area contributed by atoms with E-state index >= 15 is 0 Å². The van der Waals surface area contributed by atoms with E-state index in [9.17, 15) is 4.79 Å². The maximum absolute atomic E-state index is 12.4. The molecule has 182 valence electrons. The summed E-state index contributed by atoms with van der Waals surface area (Å²) in [4.78, 5) is 21.0. The highest BCUT2D eigenvalue weighted by molar-refractivity contribution is 14.1. The zero-order valence-corrected chi connectivity index (χ0v) is 22.9. The number of amides is 1. The molecule has 0 N–H and O–H groups in total. The van der Waals surface area contributed by atoms with Crippen LogP contribution in [0.4, 0.5) is 10.6 Å². The highest BCUT2D eigenvalue weighted by Gasteiger charge is 2.39. The molecule has 2 aliphatic rings. The van der Waals surface area contributed by atoms with Crippen molar-refractivity contribution in [3.63, 3.8) is 0 Å². The van der Waals surface area contributed by atoms with Gasteiger partial charge >= 0.3 is 6.09 Å². The van der Waals surface area contributed by atoms with Crippen molar-refractivity contribution in [1.82, 2.24) is 24.2 Å². The van der Waals surface area contributed by atoms with E-state index in [2.05, 4.69) is 68.7 Å². The van der Waals surface area contributed by atoms with Crippen molar-refractivity contribution in [2.45, 2.75) is 90.4 Å². The van der Waals surface area contributed by atoms with E-state index in [1.54, 1.807) is 0 Å². The van der Waals surface area contributed by atoms with E-state index in [1.807, 2.05) is 38.2 Å². The summed E-state index contributed by atoms with van der Waals surface area (Å²) in [6.45, 7) is 14.9. The zero-order valence-electron chi connectivity index (χ0n) is 20.7. The molecule has 9 heteroatoms. The summed E-state index contributed by atoms with van der Waals surface area (Å²) in [7, 11) is 0. The van der Waals surface area contributed by atoms with Crippen LogP contribution in [-0.4, -0.2) is 61.1 Å². The number of anilines is 1. The summed E-state index contributed by atoms with van der Waals surface area (Å²) in [5.74, 6) is 1.09. The van der Waals surface area contributed by atoms with Crippen LogP contribution < -0.4 is 4.90 Å². The fourth-order valence-corrected chi connectivity index (χ4v) is 5.78. The Balaban J connectivity index is 1.46. The minimum Gasteiger partial charge on any atom is -0.444 e. The summed E-state index contributed by atoms with van der Waals surface area (Å²) in [6, 6.07) is 0.773. The number of hydrogen-bond acceptors (Lipinski definition) is 5. The maximum Gasteiger partial charge on any atom is 0.410 e. The molecule has 2 aromatic heterocycles. The van der Waals surface area contributed by atoms with Gasteiger partial charge in [0.25, 0.3) is 0 Å². The number of rotatable bonds is 3. The highest BCUT2D eigenvalue weighted by atomic mass is 127. The molecule has 1 amide bonds. The van der Waals surface area contributed by atoms with Crippen molar-refractivity contribution in [1.29, 1.82) is 0 Å². The largest absolute Gasteiger partial charge is 0.444 e.